The van der Waals surface area contributed by atoms with Crippen LogP contribution < -0.4 is 15.4 Å². The van der Waals surface area contributed by atoms with E-state index >= 15 is 0 Å². The van der Waals surface area contributed by atoms with Crippen molar-refractivity contribution in [2.45, 2.75) is 70.1 Å². The molecule has 1 aromatic carbocycles. The Hall–Kier alpha value is -2.77. The number of methoxy groups -OCH3 is 2. The van der Waals surface area contributed by atoms with E-state index in [0.717, 1.165) is 32.0 Å². The van der Waals surface area contributed by atoms with Gasteiger partial charge in [0.1, 0.15) is 17.8 Å². The molecule has 6 rings (SSSR count). The average molecular weight is 614 g/mol. The van der Waals surface area contributed by atoms with Crippen LogP contribution in [0.1, 0.15) is 61.1 Å². The zero-order valence-corrected chi connectivity index (χ0v) is 24.8. The van der Waals surface area contributed by atoms with Crippen molar-refractivity contribution in [1.82, 2.24) is 14.9 Å². The van der Waals surface area contributed by atoms with Crippen molar-refractivity contribution in [3.8, 4) is 6.01 Å². The van der Waals surface area contributed by atoms with E-state index in [2.05, 4.69) is 26.7 Å². The van der Waals surface area contributed by atoms with Gasteiger partial charge in [0, 0.05) is 56.4 Å². The van der Waals surface area contributed by atoms with Crippen LogP contribution in [0.4, 0.5) is 33.5 Å². The van der Waals surface area contributed by atoms with Crippen LogP contribution in [0.3, 0.4) is 0 Å². The van der Waals surface area contributed by atoms with Crippen molar-refractivity contribution in [2.24, 2.45) is 11.8 Å². The maximum atomic E-state index is 14.3. The molecule has 4 aliphatic heterocycles. The first-order valence-electron chi connectivity index (χ1n) is 14.8. The van der Waals surface area contributed by atoms with Gasteiger partial charge in [-0.15, -0.1) is 0 Å². The van der Waals surface area contributed by atoms with Gasteiger partial charge in [0.2, 0.25) is 0 Å². The largest absolute Gasteiger partial charge is 0.467 e. The summed E-state index contributed by atoms with van der Waals surface area (Å²) in [6, 6.07) is 2.51. The van der Waals surface area contributed by atoms with E-state index in [9.17, 15) is 22.0 Å². The van der Waals surface area contributed by atoms with E-state index < -0.39 is 29.8 Å². The summed E-state index contributed by atoms with van der Waals surface area (Å²) in [5, 5.41) is 0. The number of alkyl halides is 4. The lowest BCUT2D eigenvalue weighted by Gasteiger charge is -2.39. The third-order valence-electron chi connectivity index (χ3n) is 8.72. The number of benzene rings is 1. The van der Waals surface area contributed by atoms with Gasteiger partial charge in [-0.25, -0.2) is 8.78 Å². The number of halogens is 5. The van der Waals surface area contributed by atoms with Gasteiger partial charge < -0.3 is 24.8 Å². The standard InChI is InChI=1S/C23H28F4N4O3.C7H12FN/c1-12-4-13(10-32-2)9-31(8-12)21-16-11-34-19(7-18(16)29-22(30-21)33-3)15-5-14(28)6-17(24)20(15)23(25,26)27;8-6-4-7-2-1-3-9(7)5-6/h5-6,12-13,19H,4,7-11,28H2,1-3H3;6-7H,1-5H2. The molecule has 0 radical (unpaired) electrons. The molecule has 4 aliphatic rings. The van der Waals surface area contributed by atoms with Crippen LogP contribution >= 0.6 is 0 Å². The van der Waals surface area contributed by atoms with Gasteiger partial charge in [-0.3, -0.25) is 4.90 Å². The minimum absolute atomic E-state index is 0.00190. The highest BCUT2D eigenvalue weighted by molar-refractivity contribution is 5.53. The number of fused-ring (bicyclic) bond motifs is 2. The van der Waals surface area contributed by atoms with Crippen LogP contribution in [0.5, 0.6) is 6.01 Å². The molecular weight excluding hydrogens is 573 g/mol. The molecule has 0 aliphatic carbocycles. The minimum atomic E-state index is -4.90. The van der Waals surface area contributed by atoms with Gasteiger partial charge in [-0.05, 0) is 55.8 Å². The van der Waals surface area contributed by atoms with Crippen LogP contribution in [-0.2, 0) is 28.7 Å². The molecule has 0 spiro atoms. The molecule has 13 heteroatoms. The normalized spacial score (nSPS) is 27.3. The molecule has 0 amide bonds. The Morgan fingerprint density at radius 3 is 2.60 bits per heavy atom. The van der Waals surface area contributed by atoms with Gasteiger partial charge in [0.25, 0.3) is 0 Å². The zero-order chi connectivity index (χ0) is 30.9. The number of rotatable bonds is 5. The van der Waals surface area contributed by atoms with Crippen molar-refractivity contribution in [3.63, 3.8) is 0 Å². The third-order valence-corrected chi connectivity index (χ3v) is 8.72. The summed E-state index contributed by atoms with van der Waals surface area (Å²) in [6.07, 6.45) is -2.14. The van der Waals surface area contributed by atoms with Crippen molar-refractivity contribution in [2.75, 3.05) is 57.6 Å². The van der Waals surface area contributed by atoms with Crippen molar-refractivity contribution in [3.05, 3.63) is 40.3 Å². The molecule has 2 aromatic rings. The molecular formula is C30H40F5N5O3. The van der Waals surface area contributed by atoms with Crippen molar-refractivity contribution < 1.29 is 36.2 Å². The van der Waals surface area contributed by atoms with Crippen LogP contribution in [-0.4, -0.2) is 74.1 Å². The number of nitrogen functional groups attached to an aromatic ring is 1. The van der Waals surface area contributed by atoms with Crippen LogP contribution in [0.2, 0.25) is 0 Å². The van der Waals surface area contributed by atoms with E-state index in [1.165, 1.54) is 20.0 Å². The first-order chi connectivity index (χ1) is 20.5. The molecule has 43 heavy (non-hydrogen) atoms. The smallest absolute Gasteiger partial charge is 0.419 e. The summed E-state index contributed by atoms with van der Waals surface area (Å²) in [7, 11) is 3.10. The fraction of sp³-hybridized carbons (Fsp3) is 0.667. The summed E-state index contributed by atoms with van der Waals surface area (Å²) >= 11 is 0. The van der Waals surface area contributed by atoms with Crippen molar-refractivity contribution >= 4 is 11.5 Å². The molecule has 5 heterocycles. The third kappa shape index (κ3) is 7.15. The highest BCUT2D eigenvalue weighted by Gasteiger charge is 2.41. The topological polar surface area (TPSA) is 86.0 Å². The maximum Gasteiger partial charge on any atom is 0.419 e. The van der Waals surface area contributed by atoms with Gasteiger partial charge in [0.15, 0.2) is 0 Å². The Bertz CT molecular complexity index is 1270. The number of aromatic nitrogens is 2. The molecule has 0 saturated carbocycles. The van der Waals surface area contributed by atoms with Gasteiger partial charge in [0.05, 0.1) is 37.7 Å². The predicted molar refractivity (Wildman–Crippen MR) is 151 cm³/mol. The minimum Gasteiger partial charge on any atom is -0.467 e. The lowest BCUT2D eigenvalue weighted by molar-refractivity contribution is -0.142. The lowest BCUT2D eigenvalue weighted by Crippen LogP contribution is -2.42. The van der Waals surface area contributed by atoms with Gasteiger partial charge in [-0.1, -0.05) is 6.92 Å². The Morgan fingerprint density at radius 1 is 1.12 bits per heavy atom. The number of nitrogens with zero attached hydrogens (tertiary/aromatic N) is 4. The highest BCUT2D eigenvalue weighted by Crippen LogP contribution is 2.43. The fourth-order valence-corrected chi connectivity index (χ4v) is 7.02. The second-order valence-corrected chi connectivity index (χ2v) is 12.1. The first kappa shape index (κ1) is 31.6. The summed E-state index contributed by atoms with van der Waals surface area (Å²) < 4.78 is 84.4. The SMILES string of the molecule is COCC1CC(C)CN(c2nc(OC)nc3c2COC(c2cc(N)cc(F)c2C(F)(F)F)C3)C1.FC1CC2CCCN2C1. The summed E-state index contributed by atoms with van der Waals surface area (Å²) in [6.45, 7) is 6.08. The molecule has 0 bridgehead atoms. The Morgan fingerprint density at radius 2 is 1.91 bits per heavy atom. The van der Waals surface area contributed by atoms with E-state index in [-0.39, 0.29) is 30.3 Å². The monoisotopic (exact) mass is 613 g/mol. The molecule has 3 saturated heterocycles. The number of hydrogen-bond acceptors (Lipinski definition) is 8. The lowest BCUT2D eigenvalue weighted by atomic mass is 9.90. The molecule has 5 atom stereocenters. The van der Waals surface area contributed by atoms with Crippen LogP contribution in [0.25, 0.3) is 0 Å². The molecule has 238 valence electrons. The van der Waals surface area contributed by atoms with Crippen LogP contribution in [0, 0.1) is 17.7 Å². The van der Waals surface area contributed by atoms with E-state index in [4.69, 9.17) is 19.9 Å². The van der Waals surface area contributed by atoms with Gasteiger partial charge in [-0.2, -0.15) is 23.1 Å². The molecule has 5 unspecified atom stereocenters. The van der Waals surface area contributed by atoms with E-state index in [1.54, 1.807) is 7.11 Å². The fourth-order valence-electron chi connectivity index (χ4n) is 7.02. The predicted octanol–water partition coefficient (Wildman–Crippen LogP) is 5.34. The Kier molecular flexibility index (Phi) is 9.62. The molecule has 1 aromatic heterocycles. The highest BCUT2D eigenvalue weighted by atomic mass is 19.4. The van der Waals surface area contributed by atoms with E-state index in [1.807, 2.05) is 0 Å². The second-order valence-electron chi connectivity index (χ2n) is 12.1. The zero-order valence-electron chi connectivity index (χ0n) is 24.8. The molecule has 3 fully saturated rings. The maximum absolute atomic E-state index is 14.3. The second kappa shape index (κ2) is 13.1. The summed E-state index contributed by atoms with van der Waals surface area (Å²) in [4.78, 5) is 13.4. The number of hydrogen-bond donors (Lipinski definition) is 1. The van der Waals surface area contributed by atoms with Crippen LogP contribution in [0.15, 0.2) is 12.1 Å². The molecule has 8 nitrogen and oxygen atoms in total. The number of anilines is 2. The Labute approximate surface area is 248 Å². The first-order valence-corrected chi connectivity index (χ1v) is 14.8. The summed E-state index contributed by atoms with van der Waals surface area (Å²) in [5.74, 6) is -0.0771. The quantitative estimate of drug-likeness (QED) is 0.358. The molecule has 2 N–H and O–H groups in total. The number of ether oxygens (including phenoxy) is 3. The average Bonchev–Trinajstić information content (AvgIpc) is 3.52. The van der Waals surface area contributed by atoms with E-state index in [0.29, 0.717) is 60.7 Å². The van der Waals surface area contributed by atoms with Crippen molar-refractivity contribution in [1.29, 1.82) is 0 Å². The summed E-state index contributed by atoms with van der Waals surface area (Å²) in [5.41, 5.74) is 5.04. The number of piperidine rings is 1. The van der Waals surface area contributed by atoms with Gasteiger partial charge >= 0.3 is 12.2 Å². The number of nitrogens with two attached hydrogens (primary N) is 1. The Balaban J connectivity index is 0.000000345.